The van der Waals surface area contributed by atoms with Crippen LogP contribution in [-0.4, -0.2) is 42.7 Å². The normalized spacial score (nSPS) is 10.8. The van der Waals surface area contributed by atoms with E-state index in [0.29, 0.717) is 0 Å². The fraction of sp³-hybridized carbons (Fsp3) is 0.615. The molecule has 4 nitrogen and oxygen atoms in total. The van der Waals surface area contributed by atoms with Gasteiger partial charge in [-0.3, -0.25) is 0 Å². The van der Waals surface area contributed by atoms with Gasteiger partial charge in [-0.15, -0.1) is 11.8 Å². The molecule has 0 saturated heterocycles. The zero-order chi connectivity index (χ0) is 13.2. The minimum atomic E-state index is 0.244. The molecule has 102 valence electrons. The molecule has 0 aliphatic heterocycles. The van der Waals surface area contributed by atoms with Crippen LogP contribution in [0.1, 0.15) is 17.5 Å². The van der Waals surface area contributed by atoms with Gasteiger partial charge in [-0.1, -0.05) is 6.07 Å². The molecule has 5 heteroatoms. The van der Waals surface area contributed by atoms with Crippen LogP contribution in [0.4, 0.5) is 0 Å². The van der Waals surface area contributed by atoms with Crippen LogP contribution in [-0.2, 0) is 11.3 Å². The molecule has 0 radical (unpaired) electrons. The van der Waals surface area contributed by atoms with Gasteiger partial charge in [0, 0.05) is 38.8 Å². The van der Waals surface area contributed by atoms with Gasteiger partial charge in [0.05, 0.1) is 11.6 Å². The standard InChI is InChI=1S/C13H22N2O2S/c1-11-8-12(9-14-4-6-17-2)10-15-13(11)18-7-3-5-16/h8,10,14,16H,3-7,9H2,1-2H3. The number of thioether (sulfide) groups is 1. The molecule has 2 N–H and O–H groups in total. The molecular weight excluding hydrogens is 248 g/mol. The molecule has 0 spiro atoms. The number of aryl methyl sites for hydroxylation is 1. The van der Waals surface area contributed by atoms with Crippen molar-refractivity contribution in [3.8, 4) is 0 Å². The summed E-state index contributed by atoms with van der Waals surface area (Å²) in [5.74, 6) is 0.912. The lowest BCUT2D eigenvalue weighted by atomic mass is 10.2. The molecule has 1 heterocycles. The summed E-state index contributed by atoms with van der Waals surface area (Å²) in [6.45, 7) is 4.71. The number of aromatic nitrogens is 1. The first-order valence-electron chi connectivity index (χ1n) is 6.16. The number of pyridine rings is 1. The molecule has 0 fully saturated rings. The lowest BCUT2D eigenvalue weighted by Gasteiger charge is -2.08. The summed E-state index contributed by atoms with van der Waals surface area (Å²) >= 11 is 1.70. The van der Waals surface area contributed by atoms with Gasteiger partial charge in [0.15, 0.2) is 0 Å². The number of hydrogen-bond donors (Lipinski definition) is 2. The molecule has 0 saturated carbocycles. The molecule has 0 aliphatic carbocycles. The van der Waals surface area contributed by atoms with Gasteiger partial charge in [-0.05, 0) is 24.5 Å². The van der Waals surface area contributed by atoms with Gasteiger partial charge >= 0.3 is 0 Å². The number of rotatable bonds is 9. The van der Waals surface area contributed by atoms with Crippen molar-refractivity contribution >= 4 is 11.8 Å². The van der Waals surface area contributed by atoms with Gasteiger partial charge in [-0.25, -0.2) is 4.98 Å². The van der Waals surface area contributed by atoms with E-state index >= 15 is 0 Å². The quantitative estimate of drug-likeness (QED) is 0.527. The van der Waals surface area contributed by atoms with Gasteiger partial charge < -0.3 is 15.2 Å². The number of nitrogens with one attached hydrogen (secondary N) is 1. The fourth-order valence-corrected chi connectivity index (χ4v) is 2.39. The van der Waals surface area contributed by atoms with Crippen molar-refractivity contribution in [3.63, 3.8) is 0 Å². The van der Waals surface area contributed by atoms with E-state index in [4.69, 9.17) is 9.84 Å². The summed E-state index contributed by atoms with van der Waals surface area (Å²) in [5.41, 5.74) is 2.39. The Bertz CT molecular complexity index is 348. The van der Waals surface area contributed by atoms with Crippen LogP contribution >= 0.6 is 11.8 Å². The Morgan fingerprint density at radius 1 is 1.50 bits per heavy atom. The highest BCUT2D eigenvalue weighted by molar-refractivity contribution is 7.99. The molecule has 1 rings (SSSR count). The van der Waals surface area contributed by atoms with Crippen LogP contribution < -0.4 is 5.32 Å². The maximum atomic E-state index is 8.75. The Labute approximate surface area is 113 Å². The second kappa shape index (κ2) is 9.33. The highest BCUT2D eigenvalue weighted by atomic mass is 32.2. The zero-order valence-corrected chi connectivity index (χ0v) is 11.9. The maximum absolute atomic E-state index is 8.75. The molecule has 0 unspecified atom stereocenters. The second-order valence-electron chi connectivity index (χ2n) is 4.06. The van der Waals surface area contributed by atoms with Crippen molar-refractivity contribution in [3.05, 3.63) is 23.4 Å². The second-order valence-corrected chi connectivity index (χ2v) is 5.14. The van der Waals surface area contributed by atoms with Crippen LogP contribution in [0.3, 0.4) is 0 Å². The molecule has 0 amide bonds. The summed E-state index contributed by atoms with van der Waals surface area (Å²) in [4.78, 5) is 4.46. The predicted octanol–water partition coefficient (Wildman–Crippen LogP) is 1.60. The molecular formula is C13H22N2O2S. The van der Waals surface area contributed by atoms with Gasteiger partial charge in [0.1, 0.15) is 0 Å². The Balaban J connectivity index is 2.41. The molecule has 0 bridgehead atoms. The first kappa shape index (κ1) is 15.4. The number of aliphatic hydroxyl groups is 1. The molecule has 1 aromatic heterocycles. The monoisotopic (exact) mass is 270 g/mol. The molecule has 0 atom stereocenters. The Kier molecular flexibility index (Phi) is 8.00. The smallest absolute Gasteiger partial charge is 0.0989 e. The first-order chi connectivity index (χ1) is 8.77. The summed E-state index contributed by atoms with van der Waals surface area (Å²) in [5, 5.41) is 13.1. The van der Waals surface area contributed by atoms with Gasteiger partial charge in [0.2, 0.25) is 0 Å². The topological polar surface area (TPSA) is 54.4 Å². The van der Waals surface area contributed by atoms with Gasteiger partial charge in [0.25, 0.3) is 0 Å². The van der Waals surface area contributed by atoms with E-state index in [1.54, 1.807) is 18.9 Å². The molecule has 1 aromatic rings. The fourth-order valence-electron chi connectivity index (χ4n) is 1.51. The Hall–Kier alpha value is -0.620. The number of nitrogens with zero attached hydrogens (tertiary/aromatic N) is 1. The first-order valence-corrected chi connectivity index (χ1v) is 7.15. The van der Waals surface area contributed by atoms with Crippen molar-refractivity contribution in [2.45, 2.75) is 24.9 Å². The van der Waals surface area contributed by atoms with E-state index in [2.05, 4.69) is 23.3 Å². The maximum Gasteiger partial charge on any atom is 0.0989 e. The third kappa shape index (κ3) is 5.82. The molecule has 0 aliphatic rings. The van der Waals surface area contributed by atoms with Crippen LogP contribution in [0, 0.1) is 6.92 Å². The Morgan fingerprint density at radius 3 is 3.00 bits per heavy atom. The van der Waals surface area contributed by atoms with Crippen LogP contribution in [0.25, 0.3) is 0 Å². The highest BCUT2D eigenvalue weighted by Gasteiger charge is 2.02. The highest BCUT2D eigenvalue weighted by Crippen LogP contribution is 2.20. The predicted molar refractivity (Wildman–Crippen MR) is 75.0 cm³/mol. The zero-order valence-electron chi connectivity index (χ0n) is 11.1. The van der Waals surface area contributed by atoms with Crippen LogP contribution in [0.2, 0.25) is 0 Å². The van der Waals surface area contributed by atoms with E-state index in [1.807, 2.05) is 6.20 Å². The van der Waals surface area contributed by atoms with Crippen molar-refractivity contribution in [2.24, 2.45) is 0 Å². The van der Waals surface area contributed by atoms with E-state index in [0.717, 1.165) is 36.9 Å². The van der Waals surface area contributed by atoms with Crippen molar-refractivity contribution in [1.82, 2.24) is 10.3 Å². The third-order valence-corrected chi connectivity index (χ3v) is 3.63. The number of aliphatic hydroxyl groups excluding tert-OH is 1. The molecule has 18 heavy (non-hydrogen) atoms. The number of ether oxygens (including phenoxy) is 1. The molecule has 0 aromatic carbocycles. The summed E-state index contributed by atoms with van der Waals surface area (Å²) < 4.78 is 4.98. The lowest BCUT2D eigenvalue weighted by molar-refractivity contribution is 0.199. The van der Waals surface area contributed by atoms with Crippen LogP contribution in [0.15, 0.2) is 17.3 Å². The van der Waals surface area contributed by atoms with Crippen molar-refractivity contribution in [1.29, 1.82) is 0 Å². The van der Waals surface area contributed by atoms with Crippen LogP contribution in [0.5, 0.6) is 0 Å². The Morgan fingerprint density at radius 2 is 2.33 bits per heavy atom. The lowest BCUT2D eigenvalue weighted by Crippen LogP contribution is -2.18. The summed E-state index contributed by atoms with van der Waals surface area (Å²) in [6.07, 6.45) is 2.72. The third-order valence-electron chi connectivity index (χ3n) is 2.44. The van der Waals surface area contributed by atoms with E-state index in [9.17, 15) is 0 Å². The van der Waals surface area contributed by atoms with Crippen molar-refractivity contribution < 1.29 is 9.84 Å². The van der Waals surface area contributed by atoms with E-state index in [-0.39, 0.29) is 6.61 Å². The number of methoxy groups -OCH3 is 1. The summed E-state index contributed by atoms with van der Waals surface area (Å²) in [6, 6.07) is 2.16. The van der Waals surface area contributed by atoms with E-state index in [1.165, 1.54) is 11.1 Å². The van der Waals surface area contributed by atoms with E-state index < -0.39 is 0 Å². The minimum absolute atomic E-state index is 0.244. The number of hydrogen-bond acceptors (Lipinski definition) is 5. The summed E-state index contributed by atoms with van der Waals surface area (Å²) in [7, 11) is 1.70. The van der Waals surface area contributed by atoms with Gasteiger partial charge in [-0.2, -0.15) is 0 Å². The average Bonchev–Trinajstić information content (AvgIpc) is 2.37. The SMILES string of the molecule is COCCNCc1cnc(SCCCO)c(C)c1. The average molecular weight is 270 g/mol. The minimum Gasteiger partial charge on any atom is -0.396 e. The van der Waals surface area contributed by atoms with Crippen molar-refractivity contribution in [2.75, 3.05) is 32.6 Å². The largest absolute Gasteiger partial charge is 0.396 e.